The van der Waals surface area contributed by atoms with E-state index in [0.29, 0.717) is 0 Å². The predicted molar refractivity (Wildman–Crippen MR) is 41.4 cm³/mol. The first-order chi connectivity index (χ1) is 4.54. The second kappa shape index (κ2) is 12.6. The smallest absolute Gasteiger partial charge is 0.327 e. The predicted octanol–water partition coefficient (Wildman–Crippen LogP) is 0.133. The fraction of sp³-hybridized carbons (Fsp3) is 0. The van der Waals surface area contributed by atoms with Gasteiger partial charge in [-0.25, -0.2) is 9.59 Å². The second-order valence-corrected chi connectivity index (χ2v) is 1.08. The molecule has 0 heterocycles. The molecular formula is C6H8O4Sr. The maximum atomic E-state index is 9.25. The maximum absolute atomic E-state index is 9.25. The van der Waals surface area contributed by atoms with E-state index < -0.39 is 11.9 Å². The van der Waals surface area contributed by atoms with Crippen molar-refractivity contribution in [3.63, 3.8) is 0 Å². The van der Waals surface area contributed by atoms with E-state index in [1.165, 1.54) is 0 Å². The molecule has 0 atom stereocenters. The van der Waals surface area contributed by atoms with Crippen molar-refractivity contribution in [3.8, 4) is 0 Å². The summed E-state index contributed by atoms with van der Waals surface area (Å²) in [5, 5.41) is 15.2. The van der Waals surface area contributed by atoms with Gasteiger partial charge in [0, 0.05) is 57.6 Å². The number of hydrogen-bond acceptors (Lipinski definition) is 2. The second-order valence-electron chi connectivity index (χ2n) is 1.08. The first-order valence-corrected chi connectivity index (χ1v) is 2.25. The van der Waals surface area contributed by atoms with Crippen LogP contribution in [-0.4, -0.2) is 67.6 Å². The fourth-order valence-electron chi connectivity index (χ4n) is 0. The minimum Gasteiger partial charge on any atom is -0.478 e. The van der Waals surface area contributed by atoms with Crippen LogP contribution in [0.2, 0.25) is 0 Å². The Morgan fingerprint density at radius 2 is 1.09 bits per heavy atom. The van der Waals surface area contributed by atoms with Crippen molar-refractivity contribution in [1.29, 1.82) is 0 Å². The van der Waals surface area contributed by atoms with Crippen LogP contribution in [0, 0.1) is 0 Å². The van der Waals surface area contributed by atoms with Crippen molar-refractivity contribution in [3.05, 3.63) is 25.3 Å². The molecule has 0 aliphatic rings. The van der Waals surface area contributed by atoms with E-state index in [1.54, 1.807) is 0 Å². The average molecular weight is 232 g/mol. The van der Waals surface area contributed by atoms with Crippen LogP contribution in [0.1, 0.15) is 0 Å². The van der Waals surface area contributed by atoms with Gasteiger partial charge >= 0.3 is 11.9 Å². The molecule has 0 aliphatic carbocycles. The summed E-state index contributed by atoms with van der Waals surface area (Å²) in [5.74, 6) is -1.96. The maximum Gasteiger partial charge on any atom is 0.327 e. The van der Waals surface area contributed by atoms with Gasteiger partial charge in [0.15, 0.2) is 0 Å². The Kier molecular flexibility index (Phi) is 19.6. The molecule has 11 heavy (non-hydrogen) atoms. The molecule has 0 saturated carbocycles. The summed E-state index contributed by atoms with van der Waals surface area (Å²) in [6.45, 7) is 5.92. The van der Waals surface area contributed by atoms with Gasteiger partial charge in [-0.05, 0) is 0 Å². The van der Waals surface area contributed by atoms with E-state index in [1.807, 2.05) is 0 Å². The van der Waals surface area contributed by atoms with E-state index in [-0.39, 0.29) is 45.5 Å². The summed E-state index contributed by atoms with van der Waals surface area (Å²) in [5.41, 5.74) is 0. The molecule has 0 saturated heterocycles. The van der Waals surface area contributed by atoms with Gasteiger partial charge in [-0.3, -0.25) is 0 Å². The van der Waals surface area contributed by atoms with Crippen molar-refractivity contribution in [1.82, 2.24) is 0 Å². The number of aliphatic carboxylic acids is 2. The Bertz CT molecular complexity index is 135. The Morgan fingerprint density at radius 3 is 1.09 bits per heavy atom. The van der Waals surface area contributed by atoms with Gasteiger partial charge in [0.05, 0.1) is 0 Å². The first kappa shape index (κ1) is 17.1. The summed E-state index contributed by atoms with van der Waals surface area (Å²) in [6.07, 6.45) is 1.67. The SMILES string of the molecule is C=CC(=O)O.C=CC(=O)O.[Sr]. The topological polar surface area (TPSA) is 74.6 Å². The molecule has 0 bridgehead atoms. The molecule has 0 rings (SSSR count). The fourth-order valence-corrected chi connectivity index (χ4v) is 0. The summed E-state index contributed by atoms with van der Waals surface area (Å²) in [6, 6.07) is 0. The number of carboxylic acid groups (broad SMARTS) is 2. The Balaban J connectivity index is -0.000000107. The molecule has 0 aromatic carbocycles. The molecule has 0 spiro atoms. The third-order valence-electron chi connectivity index (χ3n) is 0.349. The van der Waals surface area contributed by atoms with Crippen LogP contribution in [0.15, 0.2) is 25.3 Å². The summed E-state index contributed by atoms with van der Waals surface area (Å²) in [7, 11) is 0. The number of carboxylic acids is 2. The van der Waals surface area contributed by atoms with Crippen molar-refractivity contribution in [2.45, 2.75) is 0 Å². The van der Waals surface area contributed by atoms with Crippen LogP contribution in [0.3, 0.4) is 0 Å². The van der Waals surface area contributed by atoms with Gasteiger partial charge in [0.25, 0.3) is 0 Å². The molecule has 0 aromatic rings. The van der Waals surface area contributed by atoms with Crippen molar-refractivity contribution >= 4 is 57.4 Å². The molecule has 4 nitrogen and oxygen atoms in total. The van der Waals surface area contributed by atoms with Crippen molar-refractivity contribution < 1.29 is 19.8 Å². The van der Waals surface area contributed by atoms with Crippen LogP contribution < -0.4 is 0 Å². The summed E-state index contributed by atoms with van der Waals surface area (Å²) in [4.78, 5) is 18.5. The summed E-state index contributed by atoms with van der Waals surface area (Å²) >= 11 is 0. The zero-order valence-corrected chi connectivity index (χ0v) is 9.46. The molecule has 58 valence electrons. The summed E-state index contributed by atoms with van der Waals surface area (Å²) < 4.78 is 0. The van der Waals surface area contributed by atoms with Gasteiger partial charge in [0.1, 0.15) is 0 Å². The zero-order valence-electron chi connectivity index (χ0n) is 5.99. The molecule has 0 amide bonds. The monoisotopic (exact) mass is 232 g/mol. The number of rotatable bonds is 2. The van der Waals surface area contributed by atoms with Gasteiger partial charge in [0.2, 0.25) is 0 Å². The van der Waals surface area contributed by atoms with Gasteiger partial charge < -0.3 is 10.2 Å². The third-order valence-corrected chi connectivity index (χ3v) is 0.349. The molecule has 0 unspecified atom stereocenters. The molecule has 2 radical (unpaired) electrons. The minimum absolute atomic E-state index is 0. The van der Waals surface area contributed by atoms with Crippen LogP contribution in [0.25, 0.3) is 0 Å². The third kappa shape index (κ3) is 40.6. The first-order valence-electron chi connectivity index (χ1n) is 2.25. The van der Waals surface area contributed by atoms with Crippen LogP contribution in [0.4, 0.5) is 0 Å². The largest absolute Gasteiger partial charge is 0.478 e. The molecule has 0 aromatic heterocycles. The normalized spacial score (nSPS) is 5.82. The minimum atomic E-state index is -0.981. The molecule has 5 heteroatoms. The van der Waals surface area contributed by atoms with Gasteiger partial charge in [-0.1, -0.05) is 13.2 Å². The molecule has 0 aliphatic heterocycles. The number of carbonyl (C=O) groups is 2. The standard InChI is InChI=1S/2C3H4O2.Sr/c2*1-2-3(4)5;/h2*2H,1H2,(H,4,5);. The molecular weight excluding hydrogens is 224 g/mol. The molecule has 0 fully saturated rings. The Labute approximate surface area is 101 Å². The van der Waals surface area contributed by atoms with E-state index in [9.17, 15) is 9.59 Å². The number of hydrogen-bond donors (Lipinski definition) is 2. The quantitative estimate of drug-likeness (QED) is 0.524. The molecule has 2 N–H and O–H groups in total. The zero-order chi connectivity index (χ0) is 8.57. The van der Waals surface area contributed by atoms with Crippen LogP contribution in [-0.2, 0) is 9.59 Å². The van der Waals surface area contributed by atoms with E-state index in [4.69, 9.17) is 10.2 Å². The van der Waals surface area contributed by atoms with E-state index in [0.717, 1.165) is 12.2 Å². The van der Waals surface area contributed by atoms with Gasteiger partial charge in [-0.2, -0.15) is 0 Å². The van der Waals surface area contributed by atoms with E-state index >= 15 is 0 Å². The van der Waals surface area contributed by atoms with Crippen LogP contribution >= 0.6 is 0 Å². The van der Waals surface area contributed by atoms with Crippen molar-refractivity contribution in [2.75, 3.05) is 0 Å². The average Bonchev–Trinajstić information content (AvgIpc) is 1.89. The van der Waals surface area contributed by atoms with Crippen LogP contribution in [0.5, 0.6) is 0 Å². The Morgan fingerprint density at radius 1 is 1.00 bits per heavy atom. The van der Waals surface area contributed by atoms with Gasteiger partial charge in [-0.15, -0.1) is 0 Å². The Hall–Kier alpha value is -0.0995. The van der Waals surface area contributed by atoms with Crippen molar-refractivity contribution in [2.24, 2.45) is 0 Å². The van der Waals surface area contributed by atoms with E-state index in [2.05, 4.69) is 13.2 Å².